The van der Waals surface area contributed by atoms with Gasteiger partial charge in [0.2, 0.25) is 0 Å². The third-order valence-corrected chi connectivity index (χ3v) is 3.80. The van der Waals surface area contributed by atoms with Crippen LogP contribution in [0.4, 0.5) is 0 Å². The molecule has 8 heteroatoms. The molecule has 0 amide bonds. The van der Waals surface area contributed by atoms with Crippen molar-refractivity contribution in [3.8, 4) is 17.4 Å². The van der Waals surface area contributed by atoms with Gasteiger partial charge in [0.05, 0.1) is 0 Å². The van der Waals surface area contributed by atoms with Crippen LogP contribution in [0.1, 0.15) is 0 Å². The molecular weight excluding hydrogens is 305 g/mol. The number of phosphoric ester groups is 1. The molecule has 0 saturated heterocycles. The largest absolute Gasteiger partial charge is 0.648 e. The zero-order chi connectivity index (χ0) is 15.3. The summed E-state index contributed by atoms with van der Waals surface area (Å²) in [6.45, 7) is 0. The Bertz CT molecular complexity index is 705. The van der Waals surface area contributed by atoms with E-state index in [2.05, 4.69) is 15.4 Å². The summed E-state index contributed by atoms with van der Waals surface area (Å²) in [5.41, 5.74) is 0. The molecule has 0 aliphatic carbocycles. The molecule has 0 atom stereocenters. The summed E-state index contributed by atoms with van der Waals surface area (Å²) in [6, 6.07) is 17.2. The van der Waals surface area contributed by atoms with E-state index >= 15 is 0 Å². The molecule has 2 aromatic carbocycles. The number of hydrogen-bond acceptors (Lipinski definition) is 6. The molecule has 1 N–H and O–H groups in total. The molecule has 0 fully saturated rings. The number of nitrogens with one attached hydrogen (secondary N) is 1. The Morgan fingerprint density at radius 1 is 0.818 bits per heavy atom. The highest BCUT2D eigenvalue weighted by Crippen LogP contribution is 2.49. The maximum atomic E-state index is 12.9. The van der Waals surface area contributed by atoms with Crippen molar-refractivity contribution in [3.05, 3.63) is 66.9 Å². The van der Waals surface area contributed by atoms with Crippen LogP contribution in [0, 0.1) is 0 Å². The van der Waals surface area contributed by atoms with Crippen molar-refractivity contribution in [2.45, 2.75) is 0 Å². The van der Waals surface area contributed by atoms with Gasteiger partial charge in [-0.3, -0.25) is 0 Å². The first-order valence-corrected chi connectivity index (χ1v) is 7.84. The zero-order valence-electron chi connectivity index (χ0n) is 11.3. The molecule has 3 aromatic rings. The number of H-pyrrole nitrogens is 1. The molecule has 1 heterocycles. The van der Waals surface area contributed by atoms with Gasteiger partial charge >= 0.3 is 7.82 Å². The number of phosphoric acid groups is 1. The van der Waals surface area contributed by atoms with Crippen LogP contribution in [0.25, 0.3) is 0 Å². The number of benzene rings is 2. The summed E-state index contributed by atoms with van der Waals surface area (Å²) in [6.07, 6.45) is 1.27. The average Bonchev–Trinajstić information content (AvgIpc) is 3.01. The summed E-state index contributed by atoms with van der Waals surface area (Å²) in [5, 5.41) is 9.64. The van der Waals surface area contributed by atoms with E-state index < -0.39 is 7.82 Å². The third kappa shape index (κ3) is 3.65. The second-order valence-electron chi connectivity index (χ2n) is 4.16. The molecule has 0 radical (unpaired) electrons. The van der Waals surface area contributed by atoms with E-state index in [9.17, 15) is 4.57 Å². The summed E-state index contributed by atoms with van der Waals surface area (Å²) < 4.78 is 28.9. The molecule has 0 unspecified atom stereocenters. The van der Waals surface area contributed by atoms with Gasteiger partial charge in [0.25, 0.3) is 5.88 Å². The van der Waals surface area contributed by atoms with Crippen LogP contribution in [0.3, 0.4) is 0 Å². The van der Waals surface area contributed by atoms with Crippen molar-refractivity contribution < 1.29 is 18.1 Å². The molecule has 0 bridgehead atoms. The number of para-hydroxylation sites is 2. The summed E-state index contributed by atoms with van der Waals surface area (Å²) in [4.78, 5) is 0. The Labute approximate surface area is 126 Å². The summed E-state index contributed by atoms with van der Waals surface area (Å²) >= 11 is 0. The first-order valence-electron chi connectivity index (χ1n) is 6.38. The van der Waals surface area contributed by atoms with E-state index in [0.29, 0.717) is 11.5 Å². The van der Waals surface area contributed by atoms with Crippen LogP contribution < -0.4 is 13.6 Å². The molecule has 112 valence electrons. The SMILES string of the molecule is O=P(Oc1ccccc1)(Oc1ccccc1)Oc1cn[nH]n1. The van der Waals surface area contributed by atoms with Gasteiger partial charge in [-0.05, 0) is 24.3 Å². The lowest BCUT2D eigenvalue weighted by Crippen LogP contribution is -2.07. The second kappa shape index (κ2) is 6.32. The van der Waals surface area contributed by atoms with E-state index in [0.717, 1.165) is 0 Å². The molecule has 0 saturated carbocycles. The molecule has 0 aliphatic rings. The minimum Gasteiger partial charge on any atom is -0.386 e. The first kappa shape index (κ1) is 14.2. The van der Waals surface area contributed by atoms with Crippen LogP contribution in [0.2, 0.25) is 0 Å². The van der Waals surface area contributed by atoms with Gasteiger partial charge in [0, 0.05) is 0 Å². The van der Waals surface area contributed by atoms with Crippen molar-refractivity contribution in [3.63, 3.8) is 0 Å². The molecule has 0 spiro atoms. The second-order valence-corrected chi connectivity index (χ2v) is 5.60. The molecule has 0 aliphatic heterocycles. The van der Waals surface area contributed by atoms with E-state index in [4.69, 9.17) is 13.6 Å². The van der Waals surface area contributed by atoms with Crippen molar-refractivity contribution in [2.24, 2.45) is 0 Å². The molecule has 7 nitrogen and oxygen atoms in total. The van der Waals surface area contributed by atoms with Gasteiger partial charge in [-0.1, -0.05) is 36.4 Å². The van der Waals surface area contributed by atoms with Gasteiger partial charge in [-0.2, -0.15) is 14.9 Å². The predicted molar refractivity (Wildman–Crippen MR) is 78.8 cm³/mol. The van der Waals surface area contributed by atoms with E-state index in [1.54, 1.807) is 48.5 Å². The fourth-order valence-corrected chi connectivity index (χ4v) is 2.82. The molecule has 22 heavy (non-hydrogen) atoms. The predicted octanol–water partition coefficient (Wildman–Crippen LogP) is 3.45. The Morgan fingerprint density at radius 2 is 1.36 bits per heavy atom. The Morgan fingerprint density at radius 3 is 1.82 bits per heavy atom. The average molecular weight is 317 g/mol. The number of nitrogens with zero attached hydrogens (tertiary/aromatic N) is 2. The highest BCUT2D eigenvalue weighted by Gasteiger charge is 2.34. The lowest BCUT2D eigenvalue weighted by atomic mass is 10.3. The summed E-state index contributed by atoms with van der Waals surface area (Å²) in [5.74, 6) is 0.714. The Kier molecular flexibility index (Phi) is 4.07. The smallest absolute Gasteiger partial charge is 0.386 e. The number of aromatic nitrogens is 3. The van der Waals surface area contributed by atoms with Crippen LogP contribution >= 0.6 is 7.82 Å². The topological polar surface area (TPSA) is 86.3 Å². The lowest BCUT2D eigenvalue weighted by molar-refractivity contribution is 0.294. The zero-order valence-corrected chi connectivity index (χ0v) is 12.2. The minimum atomic E-state index is -3.97. The van der Waals surface area contributed by atoms with E-state index in [1.165, 1.54) is 6.20 Å². The fourth-order valence-electron chi connectivity index (χ4n) is 1.63. The van der Waals surface area contributed by atoms with Gasteiger partial charge in [-0.15, -0.1) is 5.10 Å². The molecule has 3 rings (SSSR count). The number of aromatic amines is 1. The van der Waals surface area contributed by atoms with Crippen LogP contribution in [-0.2, 0) is 4.57 Å². The maximum Gasteiger partial charge on any atom is 0.648 e. The van der Waals surface area contributed by atoms with Crippen LogP contribution in [-0.4, -0.2) is 15.4 Å². The lowest BCUT2D eigenvalue weighted by Gasteiger charge is -2.17. The maximum absolute atomic E-state index is 12.9. The third-order valence-electron chi connectivity index (χ3n) is 2.52. The van der Waals surface area contributed by atoms with E-state index in [1.807, 2.05) is 12.1 Å². The van der Waals surface area contributed by atoms with Gasteiger partial charge in [-0.25, -0.2) is 0 Å². The van der Waals surface area contributed by atoms with Gasteiger partial charge in [0.15, 0.2) is 0 Å². The monoisotopic (exact) mass is 317 g/mol. The Balaban J connectivity index is 1.85. The number of hydrogen-bond donors (Lipinski definition) is 1. The van der Waals surface area contributed by atoms with Crippen LogP contribution in [0.15, 0.2) is 66.9 Å². The molecule has 1 aromatic heterocycles. The normalized spacial score (nSPS) is 10.9. The Hall–Kier alpha value is -2.79. The van der Waals surface area contributed by atoms with Gasteiger partial charge < -0.3 is 13.6 Å². The highest BCUT2D eigenvalue weighted by molar-refractivity contribution is 7.49. The first-order chi connectivity index (χ1) is 10.7. The van der Waals surface area contributed by atoms with Gasteiger partial charge in [0.1, 0.15) is 17.7 Å². The van der Waals surface area contributed by atoms with Crippen LogP contribution in [0.5, 0.6) is 17.4 Å². The number of rotatable bonds is 6. The standard InChI is InChI=1S/C14H12N3O4P/c18-22(21-14-11-15-17-16-14,19-12-7-3-1-4-8-12)20-13-9-5-2-6-10-13/h1-11H,(H,15,16,17). The quantitative estimate of drug-likeness (QED) is 0.701. The highest BCUT2D eigenvalue weighted by atomic mass is 31.2. The molecular formula is C14H12N3O4P. The van der Waals surface area contributed by atoms with E-state index in [-0.39, 0.29) is 5.88 Å². The minimum absolute atomic E-state index is 0.00944. The fraction of sp³-hybridized carbons (Fsp3) is 0. The summed E-state index contributed by atoms with van der Waals surface area (Å²) in [7, 11) is -3.97. The van der Waals surface area contributed by atoms with Crippen molar-refractivity contribution in [1.82, 2.24) is 15.4 Å². The van der Waals surface area contributed by atoms with Crippen molar-refractivity contribution in [1.29, 1.82) is 0 Å². The van der Waals surface area contributed by atoms with Crippen molar-refractivity contribution in [2.75, 3.05) is 0 Å². The van der Waals surface area contributed by atoms with Crippen molar-refractivity contribution >= 4 is 7.82 Å².